The van der Waals surface area contributed by atoms with Crippen LogP contribution in [0.4, 0.5) is 0 Å². The van der Waals surface area contributed by atoms with Gasteiger partial charge in [0.2, 0.25) is 0 Å². The standard InChI is InChI=1S/C39H25BN2/c1-24-11-10-17-30-29-16-6-8-19-33(29)42(38(24)30)40-31-18-7-9-20-34(31)41-35-22-21-25-12-2-4-14-27(25)36(35)37-28-15-5-3-13-26(28)23-32(40)39(37)41/h2-23H,1H3. The van der Waals surface area contributed by atoms with Crippen molar-refractivity contribution >= 4 is 82.9 Å². The van der Waals surface area contributed by atoms with Crippen LogP contribution in [0.15, 0.2) is 133 Å². The van der Waals surface area contributed by atoms with Gasteiger partial charge in [-0.15, -0.1) is 0 Å². The van der Waals surface area contributed by atoms with E-state index in [0.29, 0.717) is 0 Å². The Kier molecular flexibility index (Phi) is 4.23. The molecule has 194 valence electrons. The van der Waals surface area contributed by atoms with E-state index in [9.17, 15) is 0 Å². The number of aromatic nitrogens is 2. The minimum atomic E-state index is 0.0277. The van der Waals surface area contributed by atoms with Gasteiger partial charge in [0.15, 0.2) is 0 Å². The zero-order chi connectivity index (χ0) is 27.5. The Morgan fingerprint density at radius 3 is 2.05 bits per heavy atom. The van der Waals surface area contributed by atoms with Crippen LogP contribution in [0.5, 0.6) is 0 Å². The molecule has 7 aromatic carbocycles. The van der Waals surface area contributed by atoms with Crippen LogP contribution in [0.3, 0.4) is 0 Å². The van der Waals surface area contributed by atoms with Crippen LogP contribution >= 0.6 is 0 Å². The molecule has 3 heteroatoms. The molecule has 2 nitrogen and oxygen atoms in total. The summed E-state index contributed by atoms with van der Waals surface area (Å²) in [5.74, 6) is 0. The van der Waals surface area contributed by atoms with Crippen molar-refractivity contribution in [3.8, 4) is 5.69 Å². The predicted octanol–water partition coefficient (Wildman–Crippen LogP) is 8.47. The molecule has 0 amide bonds. The minimum Gasteiger partial charge on any atom is -0.376 e. The number of benzene rings is 7. The molecule has 10 rings (SSSR count). The Morgan fingerprint density at radius 2 is 1.17 bits per heavy atom. The molecule has 0 saturated heterocycles. The fourth-order valence-corrected chi connectivity index (χ4v) is 8.00. The zero-order valence-electron chi connectivity index (χ0n) is 23.2. The Bertz CT molecular complexity index is 2600. The SMILES string of the molecule is Cc1cccc2c3ccccc3n(B3c4ccccc4-n4c5ccc6ccccc6c5c5c6ccccc6cc3c54)c12. The second-order valence-electron chi connectivity index (χ2n) is 11.7. The number of hydrogen-bond donors (Lipinski definition) is 0. The second-order valence-corrected chi connectivity index (χ2v) is 11.7. The Hall–Kier alpha value is -5.28. The lowest BCUT2D eigenvalue weighted by molar-refractivity contribution is 1.18. The summed E-state index contributed by atoms with van der Waals surface area (Å²) in [5.41, 5.74) is 10.4. The normalized spacial score (nSPS) is 12.8. The van der Waals surface area contributed by atoms with E-state index in [-0.39, 0.29) is 6.85 Å². The Balaban J connectivity index is 1.50. The third-order valence-corrected chi connectivity index (χ3v) is 9.63. The van der Waals surface area contributed by atoms with Gasteiger partial charge in [-0.1, -0.05) is 115 Å². The molecule has 0 fully saturated rings. The maximum Gasteiger partial charge on any atom is 0.332 e. The van der Waals surface area contributed by atoms with Gasteiger partial charge in [0.1, 0.15) is 0 Å². The van der Waals surface area contributed by atoms with Gasteiger partial charge in [0.05, 0.1) is 11.0 Å². The van der Waals surface area contributed by atoms with Crippen LogP contribution in [0.1, 0.15) is 5.56 Å². The van der Waals surface area contributed by atoms with Gasteiger partial charge in [-0.3, -0.25) is 0 Å². The third kappa shape index (κ3) is 2.67. The maximum absolute atomic E-state index is 2.63. The number of rotatable bonds is 1. The zero-order valence-corrected chi connectivity index (χ0v) is 23.2. The summed E-state index contributed by atoms with van der Waals surface area (Å²) in [4.78, 5) is 0. The number of para-hydroxylation sites is 3. The van der Waals surface area contributed by atoms with Gasteiger partial charge in [-0.2, -0.15) is 0 Å². The van der Waals surface area contributed by atoms with Crippen molar-refractivity contribution in [2.24, 2.45) is 0 Å². The monoisotopic (exact) mass is 532 g/mol. The first-order valence-corrected chi connectivity index (χ1v) is 14.7. The molecule has 42 heavy (non-hydrogen) atoms. The molecule has 2 aromatic heterocycles. The largest absolute Gasteiger partial charge is 0.376 e. The summed E-state index contributed by atoms with van der Waals surface area (Å²) in [6, 6.07) is 49.6. The van der Waals surface area contributed by atoms with Crippen molar-refractivity contribution in [3.05, 3.63) is 139 Å². The fourth-order valence-electron chi connectivity index (χ4n) is 8.00. The highest BCUT2D eigenvalue weighted by Gasteiger charge is 2.37. The first kappa shape index (κ1) is 22.4. The van der Waals surface area contributed by atoms with Gasteiger partial charge in [0.25, 0.3) is 0 Å². The highest BCUT2D eigenvalue weighted by molar-refractivity contribution is 6.88. The van der Waals surface area contributed by atoms with Crippen molar-refractivity contribution < 1.29 is 0 Å². The average Bonchev–Trinajstić information content (AvgIpc) is 3.57. The van der Waals surface area contributed by atoms with Gasteiger partial charge in [-0.25, -0.2) is 0 Å². The first-order valence-electron chi connectivity index (χ1n) is 14.7. The fraction of sp³-hybridized carbons (Fsp3) is 0.0256. The first-order chi connectivity index (χ1) is 20.8. The molecule has 0 N–H and O–H groups in total. The molecular weight excluding hydrogens is 507 g/mol. The van der Waals surface area contributed by atoms with Crippen LogP contribution < -0.4 is 10.9 Å². The van der Waals surface area contributed by atoms with Crippen molar-refractivity contribution in [1.29, 1.82) is 0 Å². The van der Waals surface area contributed by atoms with E-state index in [1.54, 1.807) is 0 Å². The molecule has 0 unspecified atom stereocenters. The molecular formula is C39H25BN2. The molecule has 0 aliphatic carbocycles. The summed E-state index contributed by atoms with van der Waals surface area (Å²) in [7, 11) is 0. The maximum atomic E-state index is 2.63. The van der Waals surface area contributed by atoms with E-state index >= 15 is 0 Å². The molecule has 1 aliphatic heterocycles. The van der Waals surface area contributed by atoms with E-state index in [4.69, 9.17) is 0 Å². The quantitative estimate of drug-likeness (QED) is 0.188. The number of aryl methyl sites for hydroxylation is 1. The summed E-state index contributed by atoms with van der Waals surface area (Å²) in [6.07, 6.45) is 0. The van der Waals surface area contributed by atoms with Crippen molar-refractivity contribution in [2.75, 3.05) is 0 Å². The second kappa shape index (κ2) is 7.93. The van der Waals surface area contributed by atoms with Crippen LogP contribution in [-0.2, 0) is 0 Å². The number of nitrogens with zero attached hydrogens (tertiary/aromatic N) is 2. The van der Waals surface area contributed by atoms with E-state index in [0.717, 1.165) is 0 Å². The Morgan fingerprint density at radius 1 is 0.476 bits per heavy atom. The van der Waals surface area contributed by atoms with Gasteiger partial charge < -0.3 is 9.05 Å². The summed E-state index contributed by atoms with van der Waals surface area (Å²) in [5, 5.41) is 10.5. The van der Waals surface area contributed by atoms with Crippen LogP contribution in [0.25, 0.3) is 70.8 Å². The van der Waals surface area contributed by atoms with Crippen LogP contribution in [-0.4, -0.2) is 15.9 Å². The third-order valence-electron chi connectivity index (χ3n) is 9.63. The van der Waals surface area contributed by atoms with Crippen LogP contribution in [0, 0.1) is 6.92 Å². The minimum absolute atomic E-state index is 0.0277. The van der Waals surface area contributed by atoms with Crippen LogP contribution in [0.2, 0.25) is 0 Å². The molecule has 9 aromatic rings. The van der Waals surface area contributed by atoms with Crippen molar-refractivity contribution in [2.45, 2.75) is 6.92 Å². The summed E-state index contributed by atoms with van der Waals surface area (Å²) >= 11 is 0. The molecule has 0 spiro atoms. The Labute approximate surface area is 243 Å². The van der Waals surface area contributed by atoms with Gasteiger partial charge in [0, 0.05) is 38.3 Å². The van der Waals surface area contributed by atoms with Crippen molar-refractivity contribution in [1.82, 2.24) is 9.05 Å². The van der Waals surface area contributed by atoms with E-state index in [1.165, 1.54) is 87.3 Å². The lowest BCUT2D eigenvalue weighted by Crippen LogP contribution is -2.53. The summed E-state index contributed by atoms with van der Waals surface area (Å²) in [6.45, 7) is 2.28. The lowest BCUT2D eigenvalue weighted by Gasteiger charge is -2.29. The molecule has 1 aliphatic rings. The lowest BCUT2D eigenvalue weighted by atomic mass is 9.48. The van der Waals surface area contributed by atoms with E-state index in [1.807, 2.05) is 0 Å². The smallest absolute Gasteiger partial charge is 0.332 e. The molecule has 0 radical (unpaired) electrons. The predicted molar refractivity (Wildman–Crippen MR) is 180 cm³/mol. The highest BCUT2D eigenvalue weighted by Crippen LogP contribution is 2.42. The molecule has 3 heterocycles. The van der Waals surface area contributed by atoms with E-state index in [2.05, 4.69) is 149 Å². The van der Waals surface area contributed by atoms with Gasteiger partial charge >= 0.3 is 6.85 Å². The number of hydrogen-bond acceptors (Lipinski definition) is 0. The van der Waals surface area contributed by atoms with Gasteiger partial charge in [-0.05, 0) is 63.2 Å². The topological polar surface area (TPSA) is 9.86 Å². The van der Waals surface area contributed by atoms with Crippen molar-refractivity contribution in [3.63, 3.8) is 0 Å². The molecule has 0 bridgehead atoms. The average molecular weight is 532 g/mol. The molecule has 0 atom stereocenters. The van der Waals surface area contributed by atoms with E-state index < -0.39 is 0 Å². The molecule has 0 saturated carbocycles. The summed E-state index contributed by atoms with van der Waals surface area (Å²) < 4.78 is 5.17. The highest BCUT2D eigenvalue weighted by atomic mass is 15.0. The number of fused-ring (bicyclic) bond motifs is 12.